The third-order valence-electron chi connectivity index (χ3n) is 7.02. The maximum absolute atomic E-state index is 14.8. The number of ether oxygens (including phenoxy) is 2. The Labute approximate surface area is 232 Å². The Morgan fingerprint density at radius 3 is 2.67 bits per heavy atom. The lowest BCUT2D eigenvalue weighted by atomic mass is 9.99. The average Bonchev–Trinajstić information content (AvgIpc) is 3.60. The number of hydrogen-bond acceptors (Lipinski definition) is 6. The number of nitrogens with zero attached hydrogens (tertiary/aromatic N) is 5. The third kappa shape index (κ3) is 5.37. The van der Waals surface area contributed by atoms with Gasteiger partial charge in [-0.15, -0.1) is 0 Å². The first-order valence-corrected chi connectivity index (χ1v) is 13.4. The number of nitriles is 1. The van der Waals surface area contributed by atoms with E-state index in [-0.39, 0.29) is 17.6 Å². The van der Waals surface area contributed by atoms with E-state index in [4.69, 9.17) is 14.6 Å². The summed E-state index contributed by atoms with van der Waals surface area (Å²) >= 11 is 0. The number of carbonyl (C=O) groups excluding carboxylic acids is 1. The Balaban J connectivity index is 1.59. The summed E-state index contributed by atoms with van der Waals surface area (Å²) in [5.74, 6) is -0.0305. The molecule has 1 saturated carbocycles. The van der Waals surface area contributed by atoms with Crippen molar-refractivity contribution in [2.24, 2.45) is 7.05 Å². The molecule has 1 aliphatic carbocycles. The second-order valence-corrected chi connectivity index (χ2v) is 11.1. The molecule has 2 heterocycles. The lowest BCUT2D eigenvalue weighted by Gasteiger charge is -2.22. The van der Waals surface area contributed by atoms with Crippen LogP contribution in [0.4, 0.5) is 9.18 Å². The van der Waals surface area contributed by atoms with Crippen molar-refractivity contribution in [2.75, 3.05) is 6.61 Å². The van der Waals surface area contributed by atoms with E-state index >= 15 is 0 Å². The third-order valence-corrected chi connectivity index (χ3v) is 7.02. The molecule has 0 spiro atoms. The number of alkyl carbamates (subject to hydrolysis) is 1. The molecular formula is C30H33FN6O3. The van der Waals surface area contributed by atoms with E-state index < -0.39 is 17.5 Å². The summed E-state index contributed by atoms with van der Waals surface area (Å²) in [5.41, 5.74) is 3.06. The van der Waals surface area contributed by atoms with Crippen LogP contribution in [-0.4, -0.2) is 43.9 Å². The second kappa shape index (κ2) is 10.6. The van der Waals surface area contributed by atoms with Gasteiger partial charge >= 0.3 is 6.09 Å². The van der Waals surface area contributed by atoms with Crippen molar-refractivity contribution in [1.29, 1.82) is 5.26 Å². The number of carbonyl (C=O) groups is 1. The zero-order valence-corrected chi connectivity index (χ0v) is 23.4. The number of aryl methyl sites for hydroxylation is 1. The highest BCUT2D eigenvalue weighted by Gasteiger charge is 2.33. The van der Waals surface area contributed by atoms with Gasteiger partial charge < -0.3 is 14.8 Å². The molecule has 4 aromatic rings. The molecule has 1 fully saturated rings. The van der Waals surface area contributed by atoms with Crippen LogP contribution in [0, 0.1) is 17.1 Å². The predicted molar refractivity (Wildman–Crippen MR) is 149 cm³/mol. The van der Waals surface area contributed by atoms with Crippen molar-refractivity contribution >= 4 is 17.0 Å². The van der Waals surface area contributed by atoms with Crippen LogP contribution in [0.3, 0.4) is 0 Å². The summed E-state index contributed by atoms with van der Waals surface area (Å²) in [4.78, 5) is 12.4. The van der Waals surface area contributed by atoms with Crippen LogP contribution in [0.5, 0.6) is 5.88 Å². The van der Waals surface area contributed by atoms with Crippen molar-refractivity contribution in [3.05, 3.63) is 54.0 Å². The van der Waals surface area contributed by atoms with Gasteiger partial charge in [-0.2, -0.15) is 15.5 Å². The number of aromatic nitrogens is 4. The van der Waals surface area contributed by atoms with Crippen molar-refractivity contribution in [2.45, 2.75) is 64.6 Å². The van der Waals surface area contributed by atoms with Gasteiger partial charge in [0.25, 0.3) is 0 Å². The summed E-state index contributed by atoms with van der Waals surface area (Å²) in [5, 5.41) is 22.5. The molecule has 40 heavy (non-hydrogen) atoms. The van der Waals surface area contributed by atoms with E-state index in [9.17, 15) is 14.4 Å². The van der Waals surface area contributed by atoms with Gasteiger partial charge in [-0.3, -0.25) is 4.68 Å². The molecule has 2 atom stereocenters. The molecule has 2 unspecified atom stereocenters. The standard InChI is InChI=1S/C30H33FN6O3/c1-6-39-28-26(18-9-12-25-21(13-18)17-33-36(25)5)27(19-7-8-20(16-32)24(31)14-19)35-37(28)23-11-10-22(15-23)34-29(38)40-30(2,3)4/h7-9,12-14,17,22-23H,6,10-11,15H2,1-5H3,(H,34,38). The lowest BCUT2D eigenvalue weighted by Crippen LogP contribution is -2.38. The van der Waals surface area contributed by atoms with E-state index in [0.717, 1.165) is 34.9 Å². The van der Waals surface area contributed by atoms with E-state index in [2.05, 4.69) is 10.4 Å². The minimum atomic E-state index is -0.608. The highest BCUT2D eigenvalue weighted by atomic mass is 19.1. The monoisotopic (exact) mass is 544 g/mol. The molecule has 208 valence electrons. The first kappa shape index (κ1) is 27.2. The molecular weight excluding hydrogens is 511 g/mol. The molecule has 0 saturated heterocycles. The highest BCUT2D eigenvalue weighted by molar-refractivity contribution is 5.91. The van der Waals surface area contributed by atoms with Gasteiger partial charge in [-0.25, -0.2) is 13.9 Å². The largest absolute Gasteiger partial charge is 0.478 e. The molecule has 1 N–H and O–H groups in total. The molecule has 1 amide bonds. The van der Waals surface area contributed by atoms with Crippen molar-refractivity contribution in [3.8, 4) is 34.3 Å². The molecule has 0 bridgehead atoms. The topological polar surface area (TPSA) is 107 Å². The molecule has 1 aliphatic rings. The van der Waals surface area contributed by atoms with E-state index in [1.807, 2.05) is 63.7 Å². The zero-order valence-electron chi connectivity index (χ0n) is 23.4. The normalized spacial score (nSPS) is 17.1. The van der Waals surface area contributed by atoms with E-state index in [1.165, 1.54) is 12.1 Å². The summed E-state index contributed by atoms with van der Waals surface area (Å²) in [6, 6.07) is 12.3. The first-order chi connectivity index (χ1) is 19.1. The minimum absolute atomic E-state index is 0.0293. The van der Waals surface area contributed by atoms with Crippen LogP contribution in [0.1, 0.15) is 58.6 Å². The van der Waals surface area contributed by atoms with Crippen LogP contribution in [0.25, 0.3) is 33.3 Å². The van der Waals surface area contributed by atoms with Crippen LogP contribution < -0.4 is 10.1 Å². The van der Waals surface area contributed by atoms with Crippen LogP contribution in [0.2, 0.25) is 0 Å². The Morgan fingerprint density at radius 2 is 1.98 bits per heavy atom. The summed E-state index contributed by atoms with van der Waals surface area (Å²) in [6.45, 7) is 7.81. The number of nitrogens with one attached hydrogen (secondary N) is 1. The van der Waals surface area contributed by atoms with E-state index in [0.29, 0.717) is 30.2 Å². The van der Waals surface area contributed by atoms with Gasteiger partial charge in [0.15, 0.2) is 0 Å². The van der Waals surface area contributed by atoms with Crippen molar-refractivity contribution in [3.63, 3.8) is 0 Å². The second-order valence-electron chi connectivity index (χ2n) is 11.1. The fourth-order valence-electron chi connectivity index (χ4n) is 5.26. The number of hydrogen-bond donors (Lipinski definition) is 1. The average molecular weight is 545 g/mol. The first-order valence-electron chi connectivity index (χ1n) is 13.4. The Kier molecular flexibility index (Phi) is 7.23. The maximum Gasteiger partial charge on any atom is 0.407 e. The molecule has 9 nitrogen and oxygen atoms in total. The molecule has 0 radical (unpaired) electrons. The van der Waals surface area contributed by atoms with Gasteiger partial charge in [0.2, 0.25) is 5.88 Å². The van der Waals surface area contributed by atoms with Crippen molar-refractivity contribution in [1.82, 2.24) is 24.9 Å². The van der Waals surface area contributed by atoms with Gasteiger partial charge in [0.05, 0.1) is 35.5 Å². The highest BCUT2D eigenvalue weighted by Crippen LogP contribution is 2.44. The Morgan fingerprint density at radius 1 is 1.20 bits per heavy atom. The van der Waals surface area contributed by atoms with Gasteiger partial charge in [-0.05, 0) is 76.8 Å². The molecule has 2 aromatic heterocycles. The van der Waals surface area contributed by atoms with E-state index in [1.54, 1.807) is 16.9 Å². The summed E-state index contributed by atoms with van der Waals surface area (Å²) in [7, 11) is 1.89. The van der Waals surface area contributed by atoms with Crippen LogP contribution >= 0.6 is 0 Å². The number of rotatable bonds is 6. The number of amides is 1. The van der Waals surface area contributed by atoms with Crippen LogP contribution in [-0.2, 0) is 11.8 Å². The van der Waals surface area contributed by atoms with Gasteiger partial charge in [-0.1, -0.05) is 12.1 Å². The molecule has 5 rings (SSSR count). The lowest BCUT2D eigenvalue weighted by molar-refractivity contribution is 0.0504. The molecule has 10 heteroatoms. The summed E-state index contributed by atoms with van der Waals surface area (Å²) in [6.07, 6.45) is 3.53. The Bertz CT molecular complexity index is 1610. The smallest absolute Gasteiger partial charge is 0.407 e. The maximum atomic E-state index is 14.8. The molecule has 0 aliphatic heterocycles. The number of benzene rings is 2. The molecule has 2 aromatic carbocycles. The van der Waals surface area contributed by atoms with Gasteiger partial charge in [0, 0.05) is 24.0 Å². The van der Waals surface area contributed by atoms with Gasteiger partial charge in [0.1, 0.15) is 23.2 Å². The van der Waals surface area contributed by atoms with Crippen molar-refractivity contribution < 1.29 is 18.7 Å². The SMILES string of the molecule is CCOc1c(-c2ccc3c(cnn3C)c2)c(-c2ccc(C#N)c(F)c2)nn1C1CCC(NC(=O)OC(C)(C)C)C1. The zero-order chi connectivity index (χ0) is 28.6. The number of fused-ring (bicyclic) bond motifs is 1. The number of halogens is 1. The summed E-state index contributed by atoms with van der Waals surface area (Å²) < 4.78 is 30.1. The fraction of sp³-hybridized carbons (Fsp3) is 0.400. The van der Waals surface area contributed by atoms with Crippen LogP contribution in [0.15, 0.2) is 42.6 Å². The minimum Gasteiger partial charge on any atom is -0.478 e. The fourth-order valence-corrected chi connectivity index (χ4v) is 5.26. The quantitative estimate of drug-likeness (QED) is 0.313. The Hall–Kier alpha value is -4.39. The predicted octanol–water partition coefficient (Wildman–Crippen LogP) is 6.13.